The number of benzene rings is 6. The molecule has 4 heteroatoms. The highest BCUT2D eigenvalue weighted by Crippen LogP contribution is 2.41. The molecule has 6 aromatic carbocycles. The highest BCUT2D eigenvalue weighted by atomic mass is 15.0. The molecule has 4 nitrogen and oxygen atoms in total. The van der Waals surface area contributed by atoms with Crippen LogP contribution in [0.5, 0.6) is 0 Å². The van der Waals surface area contributed by atoms with Crippen molar-refractivity contribution in [1.82, 2.24) is 19.5 Å². The highest BCUT2D eigenvalue weighted by Gasteiger charge is 2.19. The summed E-state index contributed by atoms with van der Waals surface area (Å²) in [5.74, 6) is 0.703. The van der Waals surface area contributed by atoms with Crippen LogP contribution in [0, 0.1) is 0 Å². The molecule has 0 bridgehead atoms. The van der Waals surface area contributed by atoms with Crippen molar-refractivity contribution in [2.24, 2.45) is 0 Å². The van der Waals surface area contributed by atoms with E-state index in [1.807, 2.05) is 42.7 Å². The summed E-state index contributed by atoms with van der Waals surface area (Å²) in [6.07, 6.45) is 3.73. The van der Waals surface area contributed by atoms with Crippen LogP contribution >= 0.6 is 0 Å². The fraction of sp³-hybridized carbons (Fsp3) is 0. The molecule has 3 aromatic heterocycles. The summed E-state index contributed by atoms with van der Waals surface area (Å²) in [5, 5.41) is 3.41. The summed E-state index contributed by atoms with van der Waals surface area (Å²) in [4.78, 5) is 15.0. The SMILES string of the molecule is c1ccc(-c2nc(-c3ccccc3)c3cc(-c4cccnc4)cc(-c4ccc5c(c4)c4ccccc4n5-c4ccccc4)c3n2)cc1. The third-order valence-electron chi connectivity index (χ3n) is 8.87. The minimum atomic E-state index is 0.703. The third-order valence-corrected chi connectivity index (χ3v) is 8.87. The van der Waals surface area contributed by atoms with Crippen LogP contribution in [-0.2, 0) is 0 Å². The molecule has 0 radical (unpaired) electrons. The Bertz CT molecular complexity index is 2540. The first-order chi connectivity index (χ1) is 23.3. The average Bonchev–Trinajstić information content (AvgIpc) is 3.49. The molecule has 0 aliphatic carbocycles. The van der Waals surface area contributed by atoms with Crippen molar-refractivity contribution in [3.63, 3.8) is 0 Å². The van der Waals surface area contributed by atoms with Gasteiger partial charge in [0.15, 0.2) is 5.82 Å². The van der Waals surface area contributed by atoms with Crippen molar-refractivity contribution >= 4 is 32.7 Å². The smallest absolute Gasteiger partial charge is 0.160 e. The Hall–Kier alpha value is -6.39. The van der Waals surface area contributed by atoms with Crippen LogP contribution in [0.3, 0.4) is 0 Å². The van der Waals surface area contributed by atoms with Gasteiger partial charge in [0.1, 0.15) is 0 Å². The maximum absolute atomic E-state index is 5.31. The molecule has 0 spiro atoms. The largest absolute Gasteiger partial charge is 0.309 e. The Morgan fingerprint density at radius 3 is 1.85 bits per heavy atom. The van der Waals surface area contributed by atoms with Crippen LogP contribution in [0.4, 0.5) is 0 Å². The minimum Gasteiger partial charge on any atom is -0.309 e. The van der Waals surface area contributed by atoms with E-state index in [1.54, 1.807) is 0 Å². The van der Waals surface area contributed by atoms with Crippen LogP contribution in [0.2, 0.25) is 0 Å². The van der Waals surface area contributed by atoms with Crippen molar-refractivity contribution in [1.29, 1.82) is 0 Å². The number of para-hydroxylation sites is 2. The van der Waals surface area contributed by atoms with Gasteiger partial charge in [-0.25, -0.2) is 9.97 Å². The lowest BCUT2D eigenvalue weighted by Gasteiger charge is -2.15. The zero-order valence-corrected chi connectivity index (χ0v) is 25.5. The van der Waals surface area contributed by atoms with Gasteiger partial charge in [0.05, 0.1) is 22.2 Å². The Morgan fingerprint density at radius 2 is 1.09 bits per heavy atom. The molecular weight excluding hydrogens is 573 g/mol. The quantitative estimate of drug-likeness (QED) is 0.197. The van der Waals surface area contributed by atoms with Crippen molar-refractivity contribution in [2.75, 3.05) is 0 Å². The summed E-state index contributed by atoms with van der Waals surface area (Å²) < 4.78 is 2.35. The number of rotatable bonds is 5. The first-order valence-corrected chi connectivity index (χ1v) is 15.8. The molecule has 0 atom stereocenters. The van der Waals surface area contributed by atoms with E-state index in [0.717, 1.165) is 55.7 Å². The molecule has 220 valence electrons. The van der Waals surface area contributed by atoms with Crippen LogP contribution in [-0.4, -0.2) is 19.5 Å². The van der Waals surface area contributed by atoms with Crippen LogP contribution in [0.1, 0.15) is 0 Å². The van der Waals surface area contributed by atoms with E-state index in [-0.39, 0.29) is 0 Å². The van der Waals surface area contributed by atoms with E-state index in [4.69, 9.17) is 9.97 Å². The Labute approximate surface area is 272 Å². The number of fused-ring (bicyclic) bond motifs is 4. The number of aromatic nitrogens is 4. The van der Waals surface area contributed by atoms with Crippen molar-refractivity contribution in [2.45, 2.75) is 0 Å². The molecule has 0 amide bonds. The van der Waals surface area contributed by atoms with Crippen LogP contribution in [0.25, 0.3) is 83.3 Å². The maximum Gasteiger partial charge on any atom is 0.160 e. The van der Waals surface area contributed by atoms with Gasteiger partial charge < -0.3 is 4.57 Å². The summed E-state index contributed by atoms with van der Waals surface area (Å²) >= 11 is 0. The Kier molecular flexibility index (Phi) is 6.43. The topological polar surface area (TPSA) is 43.6 Å². The van der Waals surface area contributed by atoms with E-state index in [0.29, 0.717) is 5.82 Å². The van der Waals surface area contributed by atoms with Crippen molar-refractivity contribution < 1.29 is 0 Å². The lowest BCUT2D eigenvalue weighted by atomic mass is 9.93. The fourth-order valence-corrected chi connectivity index (χ4v) is 6.68. The molecule has 9 aromatic rings. The molecule has 0 saturated heterocycles. The lowest BCUT2D eigenvalue weighted by molar-refractivity contribution is 1.18. The molecule has 0 N–H and O–H groups in total. The van der Waals surface area contributed by atoms with Gasteiger partial charge in [-0.3, -0.25) is 4.98 Å². The van der Waals surface area contributed by atoms with E-state index in [2.05, 4.69) is 137 Å². The van der Waals surface area contributed by atoms with E-state index >= 15 is 0 Å². The highest BCUT2D eigenvalue weighted by molar-refractivity contribution is 6.12. The van der Waals surface area contributed by atoms with Gasteiger partial charge in [-0.05, 0) is 59.7 Å². The van der Waals surface area contributed by atoms with Gasteiger partial charge in [0, 0.05) is 56.5 Å². The Morgan fingerprint density at radius 1 is 0.426 bits per heavy atom. The predicted molar refractivity (Wildman–Crippen MR) is 193 cm³/mol. The first kappa shape index (κ1) is 27.0. The van der Waals surface area contributed by atoms with Gasteiger partial charge in [-0.2, -0.15) is 0 Å². The second-order valence-corrected chi connectivity index (χ2v) is 11.7. The molecule has 47 heavy (non-hydrogen) atoms. The number of pyridine rings is 1. The van der Waals surface area contributed by atoms with Crippen molar-refractivity contribution in [3.8, 4) is 50.6 Å². The van der Waals surface area contributed by atoms with E-state index in [9.17, 15) is 0 Å². The standard InChI is InChI=1S/C43H28N4/c1-4-13-29(14-5-1)41-38-27-33(32-17-12-24-44-28-32)26-36(42(38)46-43(45-41)30-15-6-2-7-16-30)31-22-23-40-37(25-31)35-20-10-11-21-39(35)47(40)34-18-8-3-9-19-34/h1-28H. The monoisotopic (exact) mass is 600 g/mol. The third kappa shape index (κ3) is 4.66. The van der Waals surface area contributed by atoms with Crippen molar-refractivity contribution in [3.05, 3.63) is 170 Å². The van der Waals surface area contributed by atoms with Crippen LogP contribution in [0.15, 0.2) is 170 Å². The second-order valence-electron chi connectivity index (χ2n) is 11.7. The van der Waals surface area contributed by atoms with Gasteiger partial charge in [0.25, 0.3) is 0 Å². The minimum absolute atomic E-state index is 0.703. The summed E-state index contributed by atoms with van der Waals surface area (Å²) in [5.41, 5.74) is 11.6. The molecule has 3 heterocycles. The average molecular weight is 601 g/mol. The lowest BCUT2D eigenvalue weighted by Crippen LogP contribution is -1.98. The number of hydrogen-bond acceptors (Lipinski definition) is 3. The predicted octanol–water partition coefficient (Wildman–Crippen LogP) is 10.8. The molecule has 0 fully saturated rings. The van der Waals surface area contributed by atoms with Gasteiger partial charge in [0.2, 0.25) is 0 Å². The molecular formula is C43H28N4. The maximum atomic E-state index is 5.31. The summed E-state index contributed by atoms with van der Waals surface area (Å²) in [6, 6.07) is 55.2. The van der Waals surface area contributed by atoms with E-state index < -0.39 is 0 Å². The molecule has 0 aliphatic heterocycles. The zero-order chi connectivity index (χ0) is 31.2. The van der Waals surface area contributed by atoms with Gasteiger partial charge in [-0.15, -0.1) is 0 Å². The molecule has 9 rings (SSSR count). The molecule has 0 saturated carbocycles. The summed E-state index contributed by atoms with van der Waals surface area (Å²) in [7, 11) is 0. The van der Waals surface area contributed by atoms with Crippen LogP contribution < -0.4 is 0 Å². The summed E-state index contributed by atoms with van der Waals surface area (Å²) in [6.45, 7) is 0. The molecule has 0 unspecified atom stereocenters. The van der Waals surface area contributed by atoms with Gasteiger partial charge >= 0.3 is 0 Å². The van der Waals surface area contributed by atoms with Gasteiger partial charge in [-0.1, -0.05) is 109 Å². The fourth-order valence-electron chi connectivity index (χ4n) is 6.68. The van der Waals surface area contributed by atoms with E-state index in [1.165, 1.54) is 21.8 Å². The number of nitrogens with zero attached hydrogens (tertiary/aromatic N) is 4. The Balaban J connectivity index is 1.38. The second kappa shape index (κ2) is 11.2. The zero-order valence-electron chi connectivity index (χ0n) is 25.5. The normalized spacial score (nSPS) is 11.4. The molecule has 0 aliphatic rings. The first-order valence-electron chi connectivity index (χ1n) is 15.8. The number of hydrogen-bond donors (Lipinski definition) is 0.